The fourth-order valence-corrected chi connectivity index (χ4v) is 3.01. The van der Waals surface area contributed by atoms with Gasteiger partial charge in [0.25, 0.3) is 5.91 Å². The topological polar surface area (TPSA) is 62.5 Å². The SMILES string of the molecule is CCN(CC)Cc1cnc2c(C(=O)Nc3ccc(C(C)C)cc3)cnn2c1. The molecule has 0 saturated heterocycles. The second kappa shape index (κ2) is 8.31. The van der Waals surface area contributed by atoms with E-state index in [-0.39, 0.29) is 5.91 Å². The Kier molecular flexibility index (Phi) is 5.86. The largest absolute Gasteiger partial charge is 0.322 e. The van der Waals surface area contributed by atoms with Crippen molar-refractivity contribution in [3.8, 4) is 0 Å². The molecule has 1 aromatic carbocycles. The zero-order valence-corrected chi connectivity index (χ0v) is 16.4. The molecule has 0 bridgehead atoms. The first-order chi connectivity index (χ1) is 13.0. The van der Waals surface area contributed by atoms with Crippen LogP contribution in [0.25, 0.3) is 5.65 Å². The van der Waals surface area contributed by atoms with E-state index in [1.807, 2.05) is 36.7 Å². The number of aromatic nitrogens is 3. The van der Waals surface area contributed by atoms with Crippen molar-refractivity contribution < 1.29 is 4.79 Å². The highest BCUT2D eigenvalue weighted by atomic mass is 16.1. The lowest BCUT2D eigenvalue weighted by Crippen LogP contribution is -2.22. The second-order valence-corrected chi connectivity index (χ2v) is 6.98. The van der Waals surface area contributed by atoms with Gasteiger partial charge in [-0.15, -0.1) is 0 Å². The monoisotopic (exact) mass is 365 g/mol. The third-order valence-corrected chi connectivity index (χ3v) is 4.79. The van der Waals surface area contributed by atoms with E-state index in [0.717, 1.165) is 30.9 Å². The molecule has 6 heteroatoms. The highest BCUT2D eigenvalue weighted by Crippen LogP contribution is 2.18. The van der Waals surface area contributed by atoms with E-state index in [4.69, 9.17) is 0 Å². The van der Waals surface area contributed by atoms with Crippen LogP contribution in [0.15, 0.2) is 42.9 Å². The third kappa shape index (κ3) is 4.34. The zero-order valence-electron chi connectivity index (χ0n) is 16.4. The molecular formula is C21H27N5O. The van der Waals surface area contributed by atoms with Gasteiger partial charge in [0.05, 0.1) is 6.20 Å². The molecule has 27 heavy (non-hydrogen) atoms. The van der Waals surface area contributed by atoms with Gasteiger partial charge in [0.15, 0.2) is 5.65 Å². The van der Waals surface area contributed by atoms with Gasteiger partial charge < -0.3 is 5.32 Å². The molecule has 0 aliphatic rings. The van der Waals surface area contributed by atoms with Crippen LogP contribution in [0.2, 0.25) is 0 Å². The molecule has 0 atom stereocenters. The maximum Gasteiger partial charge on any atom is 0.261 e. The molecule has 0 fully saturated rings. The van der Waals surface area contributed by atoms with Gasteiger partial charge in [0.2, 0.25) is 0 Å². The lowest BCUT2D eigenvalue weighted by Gasteiger charge is -2.17. The van der Waals surface area contributed by atoms with Gasteiger partial charge in [-0.05, 0) is 36.7 Å². The summed E-state index contributed by atoms with van der Waals surface area (Å²) in [5, 5.41) is 7.24. The smallest absolute Gasteiger partial charge is 0.261 e. The minimum absolute atomic E-state index is 0.203. The summed E-state index contributed by atoms with van der Waals surface area (Å²) in [6, 6.07) is 7.92. The molecule has 0 aliphatic heterocycles. The van der Waals surface area contributed by atoms with Gasteiger partial charge in [-0.25, -0.2) is 9.50 Å². The van der Waals surface area contributed by atoms with E-state index in [2.05, 4.69) is 48.0 Å². The molecule has 2 aromatic heterocycles. The van der Waals surface area contributed by atoms with Crippen LogP contribution in [0.4, 0.5) is 5.69 Å². The van der Waals surface area contributed by atoms with E-state index in [9.17, 15) is 4.79 Å². The number of nitrogens with one attached hydrogen (secondary N) is 1. The number of carbonyl (C=O) groups is 1. The number of rotatable bonds is 7. The van der Waals surface area contributed by atoms with Gasteiger partial charge in [-0.2, -0.15) is 5.10 Å². The average Bonchev–Trinajstić information content (AvgIpc) is 3.09. The number of nitrogens with zero attached hydrogens (tertiary/aromatic N) is 4. The standard InChI is InChI=1S/C21H27N5O/c1-5-25(6-2)13-16-11-22-20-19(12-23-26(20)14-16)21(27)24-18-9-7-17(8-10-18)15(3)4/h7-12,14-15H,5-6,13H2,1-4H3,(H,24,27). The van der Waals surface area contributed by atoms with Crippen LogP contribution in [0.3, 0.4) is 0 Å². The highest BCUT2D eigenvalue weighted by Gasteiger charge is 2.15. The van der Waals surface area contributed by atoms with Gasteiger partial charge in [-0.3, -0.25) is 9.69 Å². The maximum absolute atomic E-state index is 12.7. The molecule has 0 radical (unpaired) electrons. The van der Waals surface area contributed by atoms with Crippen molar-refractivity contribution in [3.05, 3.63) is 59.5 Å². The van der Waals surface area contributed by atoms with Gasteiger partial charge >= 0.3 is 0 Å². The van der Waals surface area contributed by atoms with Crippen molar-refractivity contribution in [2.45, 2.75) is 40.2 Å². The van der Waals surface area contributed by atoms with Gasteiger partial charge in [0.1, 0.15) is 5.56 Å². The van der Waals surface area contributed by atoms with Crippen LogP contribution >= 0.6 is 0 Å². The minimum atomic E-state index is -0.203. The van der Waals surface area contributed by atoms with Crippen LogP contribution in [0.1, 0.15) is 55.1 Å². The Morgan fingerprint density at radius 1 is 1.15 bits per heavy atom. The third-order valence-electron chi connectivity index (χ3n) is 4.79. The van der Waals surface area contributed by atoms with E-state index >= 15 is 0 Å². The summed E-state index contributed by atoms with van der Waals surface area (Å²) in [6.07, 6.45) is 5.33. The van der Waals surface area contributed by atoms with E-state index < -0.39 is 0 Å². The van der Waals surface area contributed by atoms with E-state index in [1.165, 1.54) is 5.56 Å². The van der Waals surface area contributed by atoms with Crippen LogP contribution < -0.4 is 5.32 Å². The summed E-state index contributed by atoms with van der Waals surface area (Å²) in [5.74, 6) is 0.260. The fourth-order valence-electron chi connectivity index (χ4n) is 3.01. The van der Waals surface area contributed by atoms with E-state index in [0.29, 0.717) is 17.1 Å². The number of hydrogen-bond acceptors (Lipinski definition) is 4. The van der Waals surface area contributed by atoms with Crippen molar-refractivity contribution in [2.24, 2.45) is 0 Å². The number of amides is 1. The molecule has 142 valence electrons. The van der Waals surface area contributed by atoms with Crippen LogP contribution in [-0.2, 0) is 6.54 Å². The number of hydrogen-bond donors (Lipinski definition) is 1. The number of carbonyl (C=O) groups excluding carboxylic acids is 1. The first kappa shape index (κ1) is 19.0. The minimum Gasteiger partial charge on any atom is -0.322 e. The Hall–Kier alpha value is -2.73. The van der Waals surface area contributed by atoms with Crippen molar-refractivity contribution in [1.29, 1.82) is 0 Å². The lowest BCUT2D eigenvalue weighted by atomic mass is 10.0. The average molecular weight is 365 g/mol. The van der Waals surface area contributed by atoms with Crippen molar-refractivity contribution in [1.82, 2.24) is 19.5 Å². The van der Waals surface area contributed by atoms with Crippen LogP contribution in [-0.4, -0.2) is 38.5 Å². The summed E-state index contributed by atoms with van der Waals surface area (Å²) in [6.45, 7) is 11.4. The molecule has 3 aromatic rings. The lowest BCUT2D eigenvalue weighted by molar-refractivity contribution is 0.102. The summed E-state index contributed by atoms with van der Waals surface area (Å²) in [7, 11) is 0. The predicted molar refractivity (Wildman–Crippen MR) is 108 cm³/mol. The van der Waals surface area contributed by atoms with Crippen LogP contribution in [0, 0.1) is 0 Å². The quantitative estimate of drug-likeness (QED) is 0.689. The highest BCUT2D eigenvalue weighted by molar-refractivity contribution is 6.08. The first-order valence-corrected chi connectivity index (χ1v) is 9.47. The Morgan fingerprint density at radius 2 is 1.85 bits per heavy atom. The molecule has 0 unspecified atom stereocenters. The number of anilines is 1. The number of fused-ring (bicyclic) bond motifs is 1. The van der Waals surface area contributed by atoms with Crippen molar-refractivity contribution >= 4 is 17.2 Å². The molecule has 1 amide bonds. The number of benzene rings is 1. The summed E-state index contributed by atoms with van der Waals surface area (Å²) < 4.78 is 1.68. The molecule has 1 N–H and O–H groups in total. The van der Waals surface area contributed by atoms with E-state index in [1.54, 1.807) is 10.7 Å². The van der Waals surface area contributed by atoms with Crippen molar-refractivity contribution in [2.75, 3.05) is 18.4 Å². The molecule has 0 saturated carbocycles. The molecule has 0 aliphatic carbocycles. The molecular weight excluding hydrogens is 338 g/mol. The maximum atomic E-state index is 12.7. The Balaban J connectivity index is 1.77. The molecule has 0 spiro atoms. The second-order valence-electron chi connectivity index (χ2n) is 6.98. The molecule has 3 rings (SSSR count). The normalized spacial score (nSPS) is 11.5. The summed E-state index contributed by atoms with van der Waals surface area (Å²) in [5.41, 5.74) is 4.12. The first-order valence-electron chi connectivity index (χ1n) is 9.47. The van der Waals surface area contributed by atoms with Gasteiger partial charge in [0, 0.05) is 30.2 Å². The Morgan fingerprint density at radius 3 is 2.48 bits per heavy atom. The van der Waals surface area contributed by atoms with Crippen LogP contribution in [0.5, 0.6) is 0 Å². The summed E-state index contributed by atoms with van der Waals surface area (Å²) in [4.78, 5) is 19.4. The van der Waals surface area contributed by atoms with Crippen molar-refractivity contribution in [3.63, 3.8) is 0 Å². The Labute approximate surface area is 160 Å². The Bertz CT molecular complexity index is 910. The van der Waals surface area contributed by atoms with Gasteiger partial charge in [-0.1, -0.05) is 39.8 Å². The predicted octanol–water partition coefficient (Wildman–Crippen LogP) is 3.95. The fraction of sp³-hybridized carbons (Fsp3) is 0.381. The summed E-state index contributed by atoms with van der Waals surface area (Å²) >= 11 is 0. The molecule has 6 nitrogen and oxygen atoms in total. The zero-order chi connectivity index (χ0) is 19.4. The molecule has 2 heterocycles.